The molecule has 0 aliphatic carbocycles. The normalized spacial score (nSPS) is 19.6. The van der Waals surface area contributed by atoms with Gasteiger partial charge in [0.2, 0.25) is 0 Å². The van der Waals surface area contributed by atoms with Crippen LogP contribution in [-0.2, 0) is 9.47 Å². The molecule has 0 spiro atoms. The van der Waals surface area contributed by atoms with E-state index in [0.717, 1.165) is 58.4 Å². The second-order valence-corrected chi connectivity index (χ2v) is 5.59. The summed E-state index contributed by atoms with van der Waals surface area (Å²) >= 11 is 0. The van der Waals surface area contributed by atoms with Crippen LogP contribution >= 0.6 is 0 Å². The van der Waals surface area contributed by atoms with E-state index in [1.807, 2.05) is 0 Å². The number of hydrogen-bond donors (Lipinski definition) is 1. The molecule has 6 heteroatoms. The molecule has 0 saturated carbocycles. The van der Waals surface area contributed by atoms with Gasteiger partial charge >= 0.3 is 0 Å². The maximum absolute atomic E-state index is 5.26. The van der Waals surface area contributed by atoms with Gasteiger partial charge in [-0.3, -0.25) is 4.99 Å². The molecule has 124 valence electrons. The van der Waals surface area contributed by atoms with E-state index in [-0.39, 0.29) is 0 Å². The Labute approximate surface area is 129 Å². The van der Waals surface area contributed by atoms with E-state index in [4.69, 9.17) is 14.5 Å². The van der Waals surface area contributed by atoms with Crippen LogP contribution in [-0.4, -0.2) is 89.5 Å². The Balaban J connectivity index is 2.39. The van der Waals surface area contributed by atoms with E-state index < -0.39 is 0 Å². The van der Waals surface area contributed by atoms with Crippen molar-refractivity contribution in [2.45, 2.75) is 13.3 Å². The fourth-order valence-corrected chi connectivity index (χ4v) is 2.51. The maximum atomic E-state index is 5.26. The van der Waals surface area contributed by atoms with Gasteiger partial charge < -0.3 is 24.6 Å². The van der Waals surface area contributed by atoms with Crippen molar-refractivity contribution in [1.82, 2.24) is 15.1 Å². The minimum absolute atomic E-state index is 0.628. The van der Waals surface area contributed by atoms with Crippen molar-refractivity contribution in [3.05, 3.63) is 0 Å². The van der Waals surface area contributed by atoms with Crippen LogP contribution in [0.5, 0.6) is 0 Å². The highest BCUT2D eigenvalue weighted by molar-refractivity contribution is 5.80. The van der Waals surface area contributed by atoms with Crippen LogP contribution in [0.1, 0.15) is 13.3 Å². The third-order valence-corrected chi connectivity index (χ3v) is 3.74. The topological polar surface area (TPSA) is 49.3 Å². The molecule has 6 nitrogen and oxygen atoms in total. The Morgan fingerprint density at radius 2 is 2.14 bits per heavy atom. The number of ether oxygens (including phenoxy) is 2. The highest BCUT2D eigenvalue weighted by atomic mass is 16.5. The Morgan fingerprint density at radius 1 is 1.33 bits per heavy atom. The molecular formula is C15H32N4O2. The SMILES string of the molecule is CCNC(=NCCN(C)CCOC)N1CCC(COC)C1. The number of nitrogens with zero attached hydrogens (tertiary/aromatic N) is 3. The van der Waals surface area contributed by atoms with E-state index in [2.05, 4.69) is 29.1 Å². The lowest BCUT2D eigenvalue weighted by Crippen LogP contribution is -2.40. The third kappa shape index (κ3) is 7.11. The lowest BCUT2D eigenvalue weighted by Gasteiger charge is -2.22. The highest BCUT2D eigenvalue weighted by Gasteiger charge is 2.24. The van der Waals surface area contributed by atoms with E-state index in [1.54, 1.807) is 14.2 Å². The molecule has 0 aromatic heterocycles. The molecule has 1 atom stereocenters. The molecule has 1 rings (SSSR count). The number of likely N-dealkylation sites (tertiary alicyclic amines) is 1. The predicted octanol–water partition coefficient (Wildman–Crippen LogP) is 0.498. The second kappa shape index (κ2) is 10.8. The molecule has 21 heavy (non-hydrogen) atoms. The summed E-state index contributed by atoms with van der Waals surface area (Å²) in [4.78, 5) is 9.34. The first-order valence-electron chi connectivity index (χ1n) is 7.90. The van der Waals surface area contributed by atoms with Gasteiger partial charge in [-0.1, -0.05) is 0 Å². The smallest absolute Gasteiger partial charge is 0.193 e. The van der Waals surface area contributed by atoms with Crippen LogP contribution in [0.4, 0.5) is 0 Å². The van der Waals surface area contributed by atoms with Crippen molar-refractivity contribution in [3.8, 4) is 0 Å². The lowest BCUT2D eigenvalue weighted by molar-refractivity contribution is 0.157. The van der Waals surface area contributed by atoms with Crippen molar-refractivity contribution in [2.24, 2.45) is 10.9 Å². The zero-order valence-electron chi connectivity index (χ0n) is 14.1. The van der Waals surface area contributed by atoms with E-state index in [1.165, 1.54) is 6.42 Å². The summed E-state index contributed by atoms with van der Waals surface area (Å²) in [5, 5.41) is 3.40. The third-order valence-electron chi connectivity index (χ3n) is 3.74. The monoisotopic (exact) mass is 300 g/mol. The van der Waals surface area contributed by atoms with Crippen LogP contribution in [0.15, 0.2) is 4.99 Å². The average molecular weight is 300 g/mol. The molecule has 0 amide bonds. The van der Waals surface area contributed by atoms with Gasteiger partial charge in [-0.15, -0.1) is 0 Å². The molecule has 1 aliphatic heterocycles. The van der Waals surface area contributed by atoms with Crippen molar-refractivity contribution >= 4 is 5.96 Å². The Kier molecular flexibility index (Phi) is 9.37. The van der Waals surface area contributed by atoms with Crippen molar-refractivity contribution in [3.63, 3.8) is 0 Å². The molecule has 1 fully saturated rings. The standard InChI is InChI=1S/C15H32N4O2/c1-5-16-15(17-7-9-18(2)10-11-20-3)19-8-6-14(12-19)13-21-4/h14H,5-13H2,1-4H3,(H,16,17). The van der Waals surface area contributed by atoms with Crippen LogP contribution in [0.2, 0.25) is 0 Å². The van der Waals surface area contributed by atoms with Crippen molar-refractivity contribution in [1.29, 1.82) is 0 Å². The molecule has 1 N–H and O–H groups in total. The summed E-state index contributed by atoms with van der Waals surface area (Å²) in [6.45, 7) is 9.45. The molecule has 1 heterocycles. The van der Waals surface area contributed by atoms with Gasteiger partial charge in [-0.2, -0.15) is 0 Å². The highest BCUT2D eigenvalue weighted by Crippen LogP contribution is 2.16. The molecule has 0 radical (unpaired) electrons. The van der Waals surface area contributed by atoms with E-state index >= 15 is 0 Å². The van der Waals surface area contributed by atoms with Gasteiger partial charge in [0.25, 0.3) is 0 Å². The minimum atomic E-state index is 0.628. The Hall–Kier alpha value is -0.850. The lowest BCUT2D eigenvalue weighted by atomic mass is 10.1. The van der Waals surface area contributed by atoms with Gasteiger partial charge in [-0.05, 0) is 20.4 Å². The minimum Gasteiger partial charge on any atom is -0.384 e. The maximum Gasteiger partial charge on any atom is 0.193 e. The zero-order chi connectivity index (χ0) is 15.5. The number of aliphatic imine (C=N–C) groups is 1. The van der Waals surface area contributed by atoms with Crippen LogP contribution in [0, 0.1) is 5.92 Å². The summed E-state index contributed by atoms with van der Waals surface area (Å²) in [7, 11) is 5.61. The fourth-order valence-electron chi connectivity index (χ4n) is 2.51. The van der Waals surface area contributed by atoms with Crippen LogP contribution in [0.3, 0.4) is 0 Å². The number of methoxy groups -OCH3 is 2. The first-order chi connectivity index (χ1) is 10.2. The first kappa shape index (κ1) is 18.2. The quantitative estimate of drug-likeness (QED) is 0.496. The number of rotatable bonds is 9. The fraction of sp³-hybridized carbons (Fsp3) is 0.933. The summed E-state index contributed by atoms with van der Waals surface area (Å²) in [5.74, 6) is 1.67. The molecule has 0 aromatic carbocycles. The van der Waals surface area contributed by atoms with Gasteiger partial charge in [-0.25, -0.2) is 0 Å². The summed E-state index contributed by atoms with van der Waals surface area (Å²) in [5.41, 5.74) is 0. The first-order valence-corrected chi connectivity index (χ1v) is 7.90. The molecule has 1 unspecified atom stereocenters. The zero-order valence-corrected chi connectivity index (χ0v) is 14.1. The molecule has 1 saturated heterocycles. The number of guanidine groups is 1. The average Bonchev–Trinajstić information content (AvgIpc) is 2.93. The van der Waals surface area contributed by atoms with Crippen molar-refractivity contribution in [2.75, 3.05) is 73.7 Å². The predicted molar refractivity (Wildman–Crippen MR) is 86.9 cm³/mol. The van der Waals surface area contributed by atoms with Gasteiger partial charge in [0.15, 0.2) is 5.96 Å². The second-order valence-electron chi connectivity index (χ2n) is 5.59. The molecule has 0 aromatic rings. The largest absolute Gasteiger partial charge is 0.384 e. The van der Waals surface area contributed by atoms with Gasteiger partial charge in [0.05, 0.1) is 19.8 Å². The van der Waals surface area contributed by atoms with Gasteiger partial charge in [0, 0.05) is 52.9 Å². The summed E-state index contributed by atoms with van der Waals surface area (Å²) < 4.78 is 10.3. The Morgan fingerprint density at radius 3 is 2.81 bits per heavy atom. The summed E-state index contributed by atoms with van der Waals surface area (Å²) in [6, 6.07) is 0. The number of likely N-dealkylation sites (N-methyl/N-ethyl adjacent to an activating group) is 1. The van der Waals surface area contributed by atoms with Crippen LogP contribution in [0.25, 0.3) is 0 Å². The van der Waals surface area contributed by atoms with Crippen LogP contribution < -0.4 is 5.32 Å². The molecule has 1 aliphatic rings. The van der Waals surface area contributed by atoms with Crippen molar-refractivity contribution < 1.29 is 9.47 Å². The Bertz CT molecular complexity index is 299. The number of nitrogens with one attached hydrogen (secondary N) is 1. The molecule has 0 bridgehead atoms. The van der Waals surface area contributed by atoms with E-state index in [9.17, 15) is 0 Å². The van der Waals surface area contributed by atoms with Gasteiger partial charge in [0.1, 0.15) is 0 Å². The number of hydrogen-bond acceptors (Lipinski definition) is 4. The van der Waals surface area contributed by atoms with E-state index in [0.29, 0.717) is 5.92 Å². The summed E-state index contributed by atoms with van der Waals surface area (Å²) in [6.07, 6.45) is 1.19. The molecular weight excluding hydrogens is 268 g/mol.